The van der Waals surface area contributed by atoms with Crippen LogP contribution in [0.2, 0.25) is 0 Å². The number of nitrogens with one attached hydrogen (secondary N) is 3. The van der Waals surface area contributed by atoms with E-state index in [1.807, 2.05) is 14.1 Å². The van der Waals surface area contributed by atoms with Crippen molar-refractivity contribution < 1.29 is 0 Å². The molecular weight excluding hydrogens is 164 g/mol. The quantitative estimate of drug-likeness (QED) is 0.292. The van der Waals surface area contributed by atoms with Crippen LogP contribution in [0, 0.1) is 0 Å². The Morgan fingerprint density at radius 3 is 2.46 bits per heavy atom. The molecule has 0 spiro atoms. The Kier molecular flexibility index (Phi) is 8.33. The first-order valence-electron chi connectivity index (χ1n) is 5.13. The van der Waals surface area contributed by atoms with Gasteiger partial charge in [-0.2, -0.15) is 0 Å². The lowest BCUT2D eigenvalue weighted by Crippen LogP contribution is -2.57. The molecule has 4 heteroatoms. The zero-order valence-corrected chi connectivity index (χ0v) is 9.35. The van der Waals surface area contributed by atoms with Gasteiger partial charge in [-0.3, -0.25) is 16.1 Å². The van der Waals surface area contributed by atoms with Crippen LogP contribution in [0.5, 0.6) is 0 Å². The largest absolute Gasteiger partial charge is 0.292 e. The molecule has 0 aromatic heterocycles. The predicted octanol–water partition coefficient (Wildman–Crippen LogP) is 0.335. The lowest BCUT2D eigenvalue weighted by molar-refractivity contribution is 0.115. The van der Waals surface area contributed by atoms with Gasteiger partial charge >= 0.3 is 0 Å². The van der Waals surface area contributed by atoms with Gasteiger partial charge in [0.1, 0.15) is 6.29 Å². The fourth-order valence-electron chi connectivity index (χ4n) is 1.15. The summed E-state index contributed by atoms with van der Waals surface area (Å²) < 4.78 is 0. The molecule has 0 saturated heterocycles. The molecule has 1 atom stereocenters. The molecule has 0 aliphatic carbocycles. The minimum Gasteiger partial charge on any atom is -0.292 e. The van der Waals surface area contributed by atoms with Gasteiger partial charge in [-0.05, 0) is 20.0 Å². The molecule has 0 radical (unpaired) electrons. The second-order valence-corrected chi connectivity index (χ2v) is 3.12. The summed E-state index contributed by atoms with van der Waals surface area (Å²) in [6, 6.07) is 0. The highest BCUT2D eigenvalue weighted by Crippen LogP contribution is 1.86. The van der Waals surface area contributed by atoms with Crippen molar-refractivity contribution in [1.29, 1.82) is 0 Å². The van der Waals surface area contributed by atoms with E-state index in [1.54, 1.807) is 0 Å². The van der Waals surface area contributed by atoms with Crippen LogP contribution >= 0.6 is 0 Å². The Bertz CT molecular complexity index is 108. The van der Waals surface area contributed by atoms with Crippen molar-refractivity contribution in [3.05, 3.63) is 0 Å². The van der Waals surface area contributed by atoms with Crippen LogP contribution in [-0.2, 0) is 0 Å². The topological polar surface area (TPSA) is 39.3 Å². The third-order valence-corrected chi connectivity index (χ3v) is 1.95. The fraction of sp³-hybridized carbons (Fsp3) is 1.00. The second-order valence-electron chi connectivity index (χ2n) is 3.12. The lowest BCUT2D eigenvalue weighted by Gasteiger charge is -2.28. The maximum Gasteiger partial charge on any atom is 0.126 e. The van der Waals surface area contributed by atoms with Gasteiger partial charge in [-0.15, -0.1) is 0 Å². The first-order valence-corrected chi connectivity index (χ1v) is 5.13. The van der Waals surface area contributed by atoms with E-state index >= 15 is 0 Å². The Hall–Kier alpha value is -0.160. The summed E-state index contributed by atoms with van der Waals surface area (Å²) in [6.07, 6.45) is 2.65. The predicted molar refractivity (Wildman–Crippen MR) is 57.2 cm³/mol. The van der Waals surface area contributed by atoms with Crippen LogP contribution in [0.1, 0.15) is 26.7 Å². The maximum atomic E-state index is 3.33. The summed E-state index contributed by atoms with van der Waals surface area (Å²) in [6.45, 7) is 6.30. The number of hydrazine groups is 1. The third-order valence-electron chi connectivity index (χ3n) is 1.95. The molecule has 0 saturated carbocycles. The molecule has 0 aromatic rings. The van der Waals surface area contributed by atoms with Gasteiger partial charge in [0, 0.05) is 13.6 Å². The van der Waals surface area contributed by atoms with Crippen molar-refractivity contribution >= 4 is 0 Å². The van der Waals surface area contributed by atoms with E-state index in [-0.39, 0.29) is 6.29 Å². The summed E-state index contributed by atoms with van der Waals surface area (Å²) in [7, 11) is 3.99. The van der Waals surface area contributed by atoms with Gasteiger partial charge in [0.05, 0.1) is 0 Å². The minimum absolute atomic E-state index is 0.210. The van der Waals surface area contributed by atoms with Crippen LogP contribution in [0.4, 0.5) is 0 Å². The molecule has 0 rings (SSSR count). The van der Waals surface area contributed by atoms with Crippen LogP contribution in [0.3, 0.4) is 0 Å². The lowest BCUT2D eigenvalue weighted by atomic mass is 10.3. The molecule has 3 N–H and O–H groups in total. The van der Waals surface area contributed by atoms with E-state index in [1.165, 1.54) is 12.8 Å². The van der Waals surface area contributed by atoms with Crippen LogP contribution in [0.15, 0.2) is 0 Å². The molecule has 0 amide bonds. The molecule has 4 nitrogen and oxygen atoms in total. The van der Waals surface area contributed by atoms with Crippen LogP contribution < -0.4 is 16.1 Å². The molecule has 0 aliphatic rings. The van der Waals surface area contributed by atoms with E-state index < -0.39 is 0 Å². The van der Waals surface area contributed by atoms with Gasteiger partial charge in [-0.1, -0.05) is 20.3 Å². The second kappa shape index (κ2) is 8.44. The van der Waals surface area contributed by atoms with Crippen molar-refractivity contribution in [2.45, 2.75) is 33.0 Å². The molecule has 13 heavy (non-hydrogen) atoms. The normalized spacial score (nSPS) is 13.6. The zero-order valence-electron chi connectivity index (χ0n) is 9.35. The first-order chi connectivity index (χ1) is 6.26. The number of hydrogen-bond acceptors (Lipinski definition) is 4. The summed E-state index contributed by atoms with van der Waals surface area (Å²) in [4.78, 5) is 0. The summed E-state index contributed by atoms with van der Waals surface area (Å²) in [5.74, 6) is 0. The fourth-order valence-corrected chi connectivity index (χ4v) is 1.15. The van der Waals surface area contributed by atoms with Gasteiger partial charge in [0.15, 0.2) is 0 Å². The number of nitrogens with zero attached hydrogens (tertiary/aromatic N) is 1. The van der Waals surface area contributed by atoms with Crippen molar-refractivity contribution in [3.8, 4) is 0 Å². The highest BCUT2D eigenvalue weighted by Gasteiger charge is 2.08. The van der Waals surface area contributed by atoms with Crippen molar-refractivity contribution in [2.75, 3.05) is 27.2 Å². The molecule has 80 valence electrons. The van der Waals surface area contributed by atoms with Crippen molar-refractivity contribution in [2.24, 2.45) is 0 Å². The standard InChI is InChI=1S/C9H24N4/c1-5-7-8-12-13(4)9(10-3)11-6-2/h9-12H,5-8H2,1-4H3. The first kappa shape index (κ1) is 12.8. The van der Waals surface area contributed by atoms with E-state index in [9.17, 15) is 0 Å². The molecule has 1 unspecified atom stereocenters. The highest BCUT2D eigenvalue weighted by molar-refractivity contribution is 4.57. The third kappa shape index (κ3) is 5.99. The van der Waals surface area contributed by atoms with Crippen LogP contribution in [-0.4, -0.2) is 38.5 Å². The maximum absolute atomic E-state index is 3.33. The molecule has 0 aromatic carbocycles. The van der Waals surface area contributed by atoms with E-state index in [0.29, 0.717) is 0 Å². The van der Waals surface area contributed by atoms with Crippen LogP contribution in [0.25, 0.3) is 0 Å². The smallest absolute Gasteiger partial charge is 0.126 e. The SMILES string of the molecule is CCCCNN(C)C(NC)NCC. The monoisotopic (exact) mass is 188 g/mol. The molecule has 0 fully saturated rings. The van der Waals surface area contributed by atoms with Gasteiger partial charge < -0.3 is 0 Å². The van der Waals surface area contributed by atoms with Crippen molar-refractivity contribution in [1.82, 2.24) is 21.1 Å². The number of rotatable bonds is 8. The minimum atomic E-state index is 0.210. The van der Waals surface area contributed by atoms with Gasteiger partial charge in [-0.25, -0.2) is 5.01 Å². The molecule has 0 bridgehead atoms. The summed E-state index contributed by atoms with van der Waals surface area (Å²) in [5, 5.41) is 8.56. The average molecular weight is 188 g/mol. The average Bonchev–Trinajstić information content (AvgIpc) is 2.14. The Balaban J connectivity index is 3.57. The Morgan fingerprint density at radius 1 is 1.31 bits per heavy atom. The molecule has 0 heterocycles. The molecular formula is C9H24N4. The van der Waals surface area contributed by atoms with E-state index in [0.717, 1.165) is 13.1 Å². The van der Waals surface area contributed by atoms with Gasteiger partial charge in [0.2, 0.25) is 0 Å². The number of hydrogen-bond donors (Lipinski definition) is 3. The Labute approximate surface area is 82.0 Å². The zero-order chi connectivity index (χ0) is 10.1. The summed E-state index contributed by atoms with van der Waals surface area (Å²) in [5.41, 5.74) is 3.33. The van der Waals surface area contributed by atoms with E-state index in [2.05, 4.69) is 34.9 Å². The molecule has 0 aliphatic heterocycles. The highest BCUT2D eigenvalue weighted by atomic mass is 15.6. The van der Waals surface area contributed by atoms with Gasteiger partial charge in [0.25, 0.3) is 0 Å². The summed E-state index contributed by atoms with van der Waals surface area (Å²) >= 11 is 0. The number of unbranched alkanes of at least 4 members (excludes halogenated alkanes) is 1. The van der Waals surface area contributed by atoms with Crippen molar-refractivity contribution in [3.63, 3.8) is 0 Å². The Morgan fingerprint density at radius 2 is 2.00 bits per heavy atom. The van der Waals surface area contributed by atoms with E-state index in [4.69, 9.17) is 0 Å².